The van der Waals surface area contributed by atoms with Crippen LogP contribution in [0.4, 0.5) is 17.1 Å². The molecule has 1 unspecified atom stereocenters. The molecule has 59 heavy (non-hydrogen) atoms. The van der Waals surface area contributed by atoms with Crippen molar-refractivity contribution in [2.45, 2.75) is 18.5 Å². The monoisotopic (exact) mass is 767 g/mol. The molecule has 1 heterocycles. The van der Waals surface area contributed by atoms with E-state index < -0.39 is 13.5 Å². The van der Waals surface area contributed by atoms with Gasteiger partial charge in [0.1, 0.15) is 8.07 Å². The second-order valence-corrected chi connectivity index (χ2v) is 21.1. The first-order chi connectivity index (χ1) is 29.0. The van der Waals surface area contributed by atoms with E-state index in [0.29, 0.717) is 0 Å². The van der Waals surface area contributed by atoms with Crippen LogP contribution >= 0.6 is 0 Å². The first-order valence-corrected chi connectivity index (χ1v) is 23.8. The fraction of sp³-hybridized carbons (Fsp3) is 0.0526. The number of rotatable bonds is 4. The lowest BCUT2D eigenvalue weighted by Crippen LogP contribution is -2.63. The molecule has 1 spiro atoms. The maximum absolute atomic E-state index is 2.58. The molecule has 0 saturated heterocycles. The average Bonchev–Trinajstić information content (AvgIpc) is 3.29. The highest BCUT2D eigenvalue weighted by Crippen LogP contribution is 2.56. The summed E-state index contributed by atoms with van der Waals surface area (Å²) in [6, 6.07) is 80.0. The standard InChI is InChI=1S/C57H41NSi/c1-59(2)54-31-11-10-28-50(54)57(49-27-9-8-22-46(49)48-26-12-20-40-21-13-29-52(57)56(40)48)51-35-34-43(37-55(51)59)58(42-33-32-38-16-6-7-19-41(38)36-42)53-30-15-24-45-44(23-14-25-47(45)53)39-17-4-3-5-18-39/h3-37H,1-2H3. The van der Waals surface area contributed by atoms with Crippen molar-refractivity contribution < 1.29 is 0 Å². The smallest absolute Gasteiger partial charge is 0.113 e. The zero-order chi connectivity index (χ0) is 39.3. The van der Waals surface area contributed by atoms with Crippen LogP contribution in [-0.2, 0) is 5.41 Å². The van der Waals surface area contributed by atoms with Gasteiger partial charge in [-0.25, -0.2) is 0 Å². The van der Waals surface area contributed by atoms with Crippen LogP contribution in [0.25, 0.3) is 54.6 Å². The summed E-state index contributed by atoms with van der Waals surface area (Å²) in [5, 5.41) is 10.6. The number of fused-ring (bicyclic) bond motifs is 10. The van der Waals surface area contributed by atoms with Gasteiger partial charge in [0.05, 0.1) is 11.1 Å². The summed E-state index contributed by atoms with van der Waals surface area (Å²) in [4.78, 5) is 2.52. The summed E-state index contributed by atoms with van der Waals surface area (Å²) in [6.45, 7) is 5.13. The van der Waals surface area contributed by atoms with E-state index in [-0.39, 0.29) is 0 Å². The van der Waals surface area contributed by atoms with Crippen LogP contribution in [-0.4, -0.2) is 8.07 Å². The van der Waals surface area contributed by atoms with Crippen LogP contribution in [0.3, 0.4) is 0 Å². The molecule has 10 aromatic carbocycles. The predicted molar refractivity (Wildman–Crippen MR) is 253 cm³/mol. The molecule has 0 aromatic heterocycles. The van der Waals surface area contributed by atoms with Gasteiger partial charge in [-0.15, -0.1) is 0 Å². The Morgan fingerprint density at radius 3 is 1.85 bits per heavy atom. The molecule has 0 fully saturated rings. The minimum atomic E-state index is -2.29. The molecule has 1 aliphatic heterocycles. The highest BCUT2D eigenvalue weighted by atomic mass is 28.3. The van der Waals surface area contributed by atoms with Crippen molar-refractivity contribution in [3.8, 4) is 22.3 Å². The van der Waals surface area contributed by atoms with Gasteiger partial charge in [-0.3, -0.25) is 0 Å². The molecule has 0 radical (unpaired) electrons. The predicted octanol–water partition coefficient (Wildman–Crippen LogP) is 13.8. The van der Waals surface area contributed by atoms with Gasteiger partial charge >= 0.3 is 0 Å². The molecule has 12 rings (SSSR count). The third kappa shape index (κ3) is 4.78. The Balaban J connectivity index is 1.17. The Hall–Kier alpha value is -7.00. The van der Waals surface area contributed by atoms with Gasteiger partial charge < -0.3 is 4.90 Å². The van der Waals surface area contributed by atoms with Gasteiger partial charge in [0.15, 0.2) is 0 Å². The minimum Gasteiger partial charge on any atom is -0.310 e. The fourth-order valence-electron chi connectivity index (χ4n) is 10.9. The molecular formula is C57H41NSi. The van der Waals surface area contributed by atoms with Crippen LogP contribution in [0.5, 0.6) is 0 Å². The molecule has 1 atom stereocenters. The number of hydrogen-bond acceptors (Lipinski definition) is 1. The molecule has 1 nitrogen and oxygen atoms in total. The van der Waals surface area contributed by atoms with Gasteiger partial charge in [0.2, 0.25) is 0 Å². The minimum absolute atomic E-state index is 0.477. The number of hydrogen-bond donors (Lipinski definition) is 0. The highest BCUT2D eigenvalue weighted by molar-refractivity contribution is 7.01. The van der Waals surface area contributed by atoms with Gasteiger partial charge in [-0.05, 0) is 112 Å². The van der Waals surface area contributed by atoms with Crippen LogP contribution in [0, 0.1) is 0 Å². The van der Waals surface area contributed by atoms with Crippen molar-refractivity contribution >= 4 is 67.8 Å². The van der Waals surface area contributed by atoms with Crippen molar-refractivity contribution in [2.75, 3.05) is 4.90 Å². The molecule has 278 valence electrons. The van der Waals surface area contributed by atoms with Gasteiger partial charge in [0, 0.05) is 16.8 Å². The summed E-state index contributed by atoms with van der Waals surface area (Å²) >= 11 is 0. The summed E-state index contributed by atoms with van der Waals surface area (Å²) in [5.74, 6) is 0. The molecule has 2 aliphatic rings. The first-order valence-electron chi connectivity index (χ1n) is 20.8. The fourth-order valence-corrected chi connectivity index (χ4v) is 14.1. The third-order valence-corrected chi connectivity index (χ3v) is 17.0. The third-order valence-electron chi connectivity index (χ3n) is 13.5. The first kappa shape index (κ1) is 34.1. The summed E-state index contributed by atoms with van der Waals surface area (Å²) < 4.78 is 0. The normalized spacial score (nSPS) is 15.8. The Kier molecular flexibility index (Phi) is 7.36. The molecule has 0 saturated carbocycles. The number of benzene rings is 10. The second kappa shape index (κ2) is 12.7. The molecule has 0 amide bonds. The summed E-state index contributed by atoms with van der Waals surface area (Å²) in [6.07, 6.45) is 0. The molecule has 2 heteroatoms. The van der Waals surface area contributed by atoms with E-state index in [0.717, 1.165) is 5.69 Å². The van der Waals surface area contributed by atoms with E-state index in [4.69, 9.17) is 0 Å². The van der Waals surface area contributed by atoms with Crippen LogP contribution in [0.2, 0.25) is 13.1 Å². The van der Waals surface area contributed by atoms with Crippen molar-refractivity contribution in [1.29, 1.82) is 0 Å². The average molecular weight is 768 g/mol. The SMILES string of the molecule is C[Si]1(C)c2ccccc2C2(c3ccccc3-c3cccc4cccc2c34)c2ccc(N(c3ccc4ccccc4c3)c3cccc4c(-c5ccccc5)cccc34)cc21. The molecule has 0 N–H and O–H groups in total. The lowest BCUT2D eigenvalue weighted by Gasteiger charge is -2.50. The van der Waals surface area contributed by atoms with Crippen LogP contribution in [0.1, 0.15) is 22.3 Å². The Bertz CT molecular complexity index is 3320. The lowest BCUT2D eigenvalue weighted by molar-refractivity contribution is 0.754. The summed E-state index contributed by atoms with van der Waals surface area (Å²) in [5.41, 5.74) is 13.7. The Morgan fingerprint density at radius 2 is 0.966 bits per heavy atom. The quantitative estimate of drug-likeness (QED) is 0.161. The molecular weight excluding hydrogens is 727 g/mol. The number of nitrogens with zero attached hydrogens (tertiary/aromatic N) is 1. The number of anilines is 3. The van der Waals surface area contributed by atoms with Crippen LogP contribution < -0.4 is 15.3 Å². The van der Waals surface area contributed by atoms with Crippen molar-refractivity contribution in [3.63, 3.8) is 0 Å². The summed E-state index contributed by atoms with van der Waals surface area (Å²) in [7, 11) is -2.29. The zero-order valence-corrected chi connectivity index (χ0v) is 34.2. The van der Waals surface area contributed by atoms with Crippen LogP contribution in [0.15, 0.2) is 212 Å². The largest absolute Gasteiger partial charge is 0.310 e. The van der Waals surface area contributed by atoms with Gasteiger partial charge in [0.25, 0.3) is 0 Å². The zero-order valence-electron chi connectivity index (χ0n) is 33.2. The maximum atomic E-state index is 2.58. The maximum Gasteiger partial charge on any atom is 0.113 e. The van der Waals surface area contributed by atoms with E-state index >= 15 is 0 Å². The van der Waals surface area contributed by atoms with E-state index in [2.05, 4.69) is 230 Å². The van der Waals surface area contributed by atoms with Gasteiger partial charge in [-0.2, -0.15) is 0 Å². The van der Waals surface area contributed by atoms with E-state index in [1.807, 2.05) is 0 Å². The Morgan fingerprint density at radius 1 is 0.373 bits per heavy atom. The van der Waals surface area contributed by atoms with E-state index in [9.17, 15) is 0 Å². The molecule has 1 aliphatic carbocycles. The molecule has 10 aromatic rings. The van der Waals surface area contributed by atoms with E-state index in [1.54, 1.807) is 0 Å². The highest BCUT2D eigenvalue weighted by Gasteiger charge is 2.52. The lowest BCUT2D eigenvalue weighted by atomic mass is 9.59. The van der Waals surface area contributed by atoms with E-state index in [1.165, 1.54) is 98.6 Å². The van der Waals surface area contributed by atoms with Crippen molar-refractivity contribution in [1.82, 2.24) is 0 Å². The molecule has 0 bridgehead atoms. The van der Waals surface area contributed by atoms with Gasteiger partial charge in [-0.1, -0.05) is 195 Å². The topological polar surface area (TPSA) is 3.24 Å². The van der Waals surface area contributed by atoms with Crippen molar-refractivity contribution in [2.24, 2.45) is 0 Å². The van der Waals surface area contributed by atoms with Crippen molar-refractivity contribution in [3.05, 3.63) is 235 Å². The Labute approximate surface area is 346 Å². The second-order valence-electron chi connectivity index (χ2n) is 16.8.